The molecule has 0 fully saturated rings. The monoisotopic (exact) mass is 402 g/mol. The van der Waals surface area contributed by atoms with Crippen LogP contribution in [0.2, 0.25) is 0 Å². The number of amides is 3. The summed E-state index contributed by atoms with van der Waals surface area (Å²) in [7, 11) is 1.48. The highest BCUT2D eigenvalue weighted by Gasteiger charge is 2.22. The summed E-state index contributed by atoms with van der Waals surface area (Å²) in [5, 5.41) is 4.93. The molecule has 7 nitrogen and oxygen atoms in total. The van der Waals surface area contributed by atoms with Crippen LogP contribution in [0.5, 0.6) is 0 Å². The Hall–Kier alpha value is -3.87. The van der Waals surface area contributed by atoms with Crippen molar-refractivity contribution in [1.82, 2.24) is 15.2 Å². The lowest BCUT2D eigenvalue weighted by Gasteiger charge is -2.16. The molecule has 4 rings (SSSR count). The fourth-order valence-electron chi connectivity index (χ4n) is 3.58. The van der Waals surface area contributed by atoms with Crippen molar-refractivity contribution in [2.24, 2.45) is 0 Å². The van der Waals surface area contributed by atoms with Gasteiger partial charge in [-0.1, -0.05) is 48.5 Å². The normalized spacial score (nSPS) is 12.4. The van der Waals surface area contributed by atoms with Gasteiger partial charge >= 0.3 is 6.03 Å². The first kappa shape index (κ1) is 19.4. The molecule has 1 aromatic heterocycles. The van der Waals surface area contributed by atoms with E-state index in [1.165, 1.54) is 18.2 Å². The van der Waals surface area contributed by atoms with Gasteiger partial charge in [0, 0.05) is 31.9 Å². The topological polar surface area (TPSA) is 94.3 Å². The van der Waals surface area contributed by atoms with Crippen LogP contribution in [0.3, 0.4) is 0 Å². The van der Waals surface area contributed by atoms with E-state index in [1.807, 2.05) is 41.3 Å². The zero-order valence-electron chi connectivity index (χ0n) is 16.6. The van der Waals surface area contributed by atoms with Crippen LogP contribution in [0.25, 0.3) is 11.1 Å². The molecule has 3 N–H and O–H groups in total. The third-order valence-electron chi connectivity index (χ3n) is 5.19. The molecule has 30 heavy (non-hydrogen) atoms. The number of aromatic nitrogens is 1. The van der Waals surface area contributed by atoms with E-state index in [4.69, 9.17) is 0 Å². The molecule has 0 atom stereocenters. The van der Waals surface area contributed by atoms with Crippen LogP contribution in [0.4, 0.5) is 10.5 Å². The number of hydrogen-bond donors (Lipinski definition) is 3. The molecule has 0 aliphatic carbocycles. The molecule has 152 valence electrons. The number of rotatable bonds is 4. The van der Waals surface area contributed by atoms with Gasteiger partial charge in [0.25, 0.3) is 5.56 Å². The minimum absolute atomic E-state index is 0.0757. The maximum absolute atomic E-state index is 12.8. The molecule has 0 saturated carbocycles. The Morgan fingerprint density at radius 2 is 1.73 bits per heavy atom. The van der Waals surface area contributed by atoms with Gasteiger partial charge in [-0.15, -0.1) is 0 Å². The van der Waals surface area contributed by atoms with E-state index in [-0.39, 0.29) is 17.2 Å². The third-order valence-corrected chi connectivity index (χ3v) is 5.19. The number of carbonyl (C=O) groups excluding carboxylic acids is 2. The largest absolute Gasteiger partial charge is 0.341 e. The highest BCUT2D eigenvalue weighted by Crippen LogP contribution is 2.25. The van der Waals surface area contributed by atoms with Gasteiger partial charge in [0.1, 0.15) is 5.69 Å². The Kier molecular flexibility index (Phi) is 5.34. The van der Waals surface area contributed by atoms with Crippen LogP contribution < -0.4 is 16.2 Å². The summed E-state index contributed by atoms with van der Waals surface area (Å²) in [6.07, 6.45) is 1.89. The molecule has 1 aliphatic rings. The lowest BCUT2D eigenvalue weighted by Crippen LogP contribution is -2.27. The second kappa shape index (κ2) is 8.24. The molecule has 1 aliphatic heterocycles. The van der Waals surface area contributed by atoms with Crippen molar-refractivity contribution in [3.05, 3.63) is 87.8 Å². The van der Waals surface area contributed by atoms with Gasteiger partial charge in [-0.3, -0.25) is 9.59 Å². The summed E-state index contributed by atoms with van der Waals surface area (Å²) in [6, 6.07) is 16.9. The van der Waals surface area contributed by atoms with Gasteiger partial charge in [0.05, 0.1) is 6.42 Å². The molecular formula is C23H22N4O3. The number of fused-ring (bicyclic) bond motifs is 1. The molecule has 3 aromatic rings. The predicted octanol–water partition coefficient (Wildman–Crippen LogP) is 2.88. The van der Waals surface area contributed by atoms with Crippen molar-refractivity contribution in [2.45, 2.75) is 19.5 Å². The van der Waals surface area contributed by atoms with Crippen molar-refractivity contribution < 1.29 is 9.59 Å². The molecule has 0 bridgehead atoms. The van der Waals surface area contributed by atoms with Crippen molar-refractivity contribution in [3.63, 3.8) is 0 Å². The molecule has 2 heterocycles. The number of urea groups is 1. The Balaban J connectivity index is 1.51. The number of hydrogen-bond acceptors (Lipinski definition) is 3. The van der Waals surface area contributed by atoms with Gasteiger partial charge in [-0.25, -0.2) is 4.79 Å². The molecule has 0 saturated heterocycles. The smallest absolute Gasteiger partial charge is 0.319 e. The van der Waals surface area contributed by atoms with E-state index in [0.717, 1.165) is 16.7 Å². The average Bonchev–Trinajstić information content (AvgIpc) is 3.20. The number of nitrogens with one attached hydrogen (secondary N) is 3. The first-order valence-corrected chi connectivity index (χ1v) is 9.69. The zero-order valence-corrected chi connectivity index (χ0v) is 16.6. The third kappa shape index (κ3) is 4.10. The highest BCUT2D eigenvalue weighted by molar-refractivity contribution is 5.89. The number of anilines is 1. The summed E-state index contributed by atoms with van der Waals surface area (Å²) >= 11 is 0. The van der Waals surface area contributed by atoms with Gasteiger partial charge in [0.2, 0.25) is 5.91 Å². The fourth-order valence-corrected chi connectivity index (χ4v) is 3.58. The number of nitrogens with zero attached hydrogens (tertiary/aromatic N) is 1. The van der Waals surface area contributed by atoms with Crippen LogP contribution in [0.15, 0.2) is 65.6 Å². The van der Waals surface area contributed by atoms with Gasteiger partial charge in [-0.2, -0.15) is 0 Å². The number of benzene rings is 2. The first-order chi connectivity index (χ1) is 14.5. The van der Waals surface area contributed by atoms with Gasteiger partial charge < -0.3 is 20.5 Å². The lowest BCUT2D eigenvalue weighted by molar-refractivity contribution is -0.131. The molecule has 0 unspecified atom stereocenters. The van der Waals surface area contributed by atoms with E-state index in [2.05, 4.69) is 27.8 Å². The molecule has 0 spiro atoms. The molecular weight excluding hydrogens is 380 g/mol. The SMILES string of the molecule is CNC(=O)Nc1cc(-c2cccc(CC(=O)N3Cc4ccccc4C3)c2)c[nH]c1=O. The number of aromatic amines is 1. The summed E-state index contributed by atoms with van der Waals surface area (Å²) in [4.78, 5) is 40.8. The standard InChI is InChI=1S/C23H22N4O3/c1-24-23(30)26-20-11-19(12-25-22(20)29)16-8-4-5-15(9-16)10-21(28)27-13-17-6-2-3-7-18(17)14-27/h2-9,11-12H,10,13-14H2,1H3,(H,25,29)(H2,24,26,30). The summed E-state index contributed by atoms with van der Waals surface area (Å²) in [6.45, 7) is 1.28. The summed E-state index contributed by atoms with van der Waals surface area (Å²) in [5.74, 6) is 0.0757. The summed E-state index contributed by atoms with van der Waals surface area (Å²) < 4.78 is 0. The highest BCUT2D eigenvalue weighted by atomic mass is 16.2. The Morgan fingerprint density at radius 3 is 2.43 bits per heavy atom. The molecule has 2 aromatic carbocycles. The van der Waals surface area contributed by atoms with Crippen LogP contribution >= 0.6 is 0 Å². The van der Waals surface area contributed by atoms with E-state index in [9.17, 15) is 14.4 Å². The van der Waals surface area contributed by atoms with E-state index < -0.39 is 6.03 Å². The quantitative estimate of drug-likeness (QED) is 0.626. The van der Waals surface area contributed by atoms with Gasteiger partial charge in [-0.05, 0) is 28.3 Å². The van der Waals surface area contributed by atoms with E-state index in [0.29, 0.717) is 19.5 Å². The number of carbonyl (C=O) groups is 2. The zero-order chi connectivity index (χ0) is 21.1. The maximum Gasteiger partial charge on any atom is 0.319 e. The van der Waals surface area contributed by atoms with E-state index in [1.54, 1.807) is 12.3 Å². The molecule has 3 amide bonds. The van der Waals surface area contributed by atoms with Gasteiger partial charge in [0.15, 0.2) is 0 Å². The van der Waals surface area contributed by atoms with Crippen molar-refractivity contribution in [3.8, 4) is 11.1 Å². The van der Waals surface area contributed by atoms with Crippen LogP contribution in [-0.4, -0.2) is 28.9 Å². The second-order valence-corrected chi connectivity index (χ2v) is 7.23. The first-order valence-electron chi connectivity index (χ1n) is 9.69. The summed E-state index contributed by atoms with van der Waals surface area (Å²) in [5.41, 5.74) is 4.64. The number of pyridine rings is 1. The molecule has 7 heteroatoms. The van der Waals surface area contributed by atoms with Crippen LogP contribution in [0.1, 0.15) is 16.7 Å². The van der Waals surface area contributed by atoms with E-state index >= 15 is 0 Å². The maximum atomic E-state index is 12.8. The van der Waals surface area contributed by atoms with Crippen LogP contribution in [-0.2, 0) is 24.3 Å². The minimum Gasteiger partial charge on any atom is -0.341 e. The Morgan fingerprint density at radius 1 is 1.00 bits per heavy atom. The van der Waals surface area contributed by atoms with Crippen molar-refractivity contribution in [1.29, 1.82) is 0 Å². The second-order valence-electron chi connectivity index (χ2n) is 7.23. The minimum atomic E-state index is -0.469. The van der Waals surface area contributed by atoms with Crippen molar-refractivity contribution in [2.75, 3.05) is 12.4 Å². The Labute approximate surface area is 173 Å². The fraction of sp³-hybridized carbons (Fsp3) is 0.174. The predicted molar refractivity (Wildman–Crippen MR) is 115 cm³/mol. The van der Waals surface area contributed by atoms with Crippen LogP contribution in [0, 0.1) is 0 Å². The van der Waals surface area contributed by atoms with Crippen molar-refractivity contribution >= 4 is 17.6 Å². The Bertz CT molecular complexity index is 1140. The lowest BCUT2D eigenvalue weighted by atomic mass is 10.0. The number of H-pyrrole nitrogens is 1. The average molecular weight is 402 g/mol. The molecule has 0 radical (unpaired) electrons.